The fourth-order valence-electron chi connectivity index (χ4n) is 4.32. The minimum Gasteiger partial charge on any atom is -0.444 e. The van der Waals surface area contributed by atoms with E-state index in [1.807, 2.05) is 26.8 Å². The Morgan fingerprint density at radius 3 is 2.17 bits per heavy atom. The van der Waals surface area contributed by atoms with Crippen molar-refractivity contribution in [1.29, 1.82) is 0 Å². The summed E-state index contributed by atoms with van der Waals surface area (Å²) in [4.78, 5) is 54.1. The summed E-state index contributed by atoms with van der Waals surface area (Å²) >= 11 is 0. The standard InChI is InChI=1S/C29H36N2O5/c1-5-25(32)27(34)31(22-11-7-6-8-12-22)24-14-10-9-13-23(24)26(33)16-15-21-17-19-30(20-18-21)28(35)36-29(2,3)4/h6-14,21H,5,15-20H2,1-4H3. The summed E-state index contributed by atoms with van der Waals surface area (Å²) in [6.07, 6.45) is 2.44. The molecule has 2 aromatic rings. The smallest absolute Gasteiger partial charge is 0.410 e. The number of hydrogen-bond acceptors (Lipinski definition) is 5. The van der Waals surface area contributed by atoms with E-state index in [1.165, 1.54) is 4.90 Å². The largest absolute Gasteiger partial charge is 0.444 e. The lowest BCUT2D eigenvalue weighted by atomic mass is 9.90. The molecule has 2 amide bonds. The van der Waals surface area contributed by atoms with Gasteiger partial charge in [-0.15, -0.1) is 0 Å². The van der Waals surface area contributed by atoms with Crippen molar-refractivity contribution in [3.63, 3.8) is 0 Å². The minimum absolute atomic E-state index is 0.0714. The number of amides is 2. The van der Waals surface area contributed by atoms with E-state index in [9.17, 15) is 19.2 Å². The van der Waals surface area contributed by atoms with E-state index in [0.29, 0.717) is 48.8 Å². The first kappa shape index (κ1) is 27.1. The van der Waals surface area contributed by atoms with Gasteiger partial charge in [-0.2, -0.15) is 0 Å². The maximum absolute atomic E-state index is 13.3. The molecule has 36 heavy (non-hydrogen) atoms. The van der Waals surface area contributed by atoms with Gasteiger partial charge >= 0.3 is 6.09 Å². The Morgan fingerprint density at radius 2 is 1.56 bits per heavy atom. The normalized spacial score (nSPS) is 14.3. The van der Waals surface area contributed by atoms with Gasteiger partial charge in [0.1, 0.15) is 5.60 Å². The van der Waals surface area contributed by atoms with E-state index in [4.69, 9.17) is 4.74 Å². The second-order valence-electron chi connectivity index (χ2n) is 10.1. The number of Topliss-reactive ketones (excluding diaryl/α,β-unsaturated/α-hetero) is 2. The first-order valence-electron chi connectivity index (χ1n) is 12.6. The molecule has 0 N–H and O–H groups in total. The van der Waals surface area contributed by atoms with Gasteiger partial charge in [-0.3, -0.25) is 19.3 Å². The molecule has 1 heterocycles. The number of para-hydroxylation sites is 2. The van der Waals surface area contributed by atoms with Crippen LogP contribution in [0.1, 0.15) is 70.2 Å². The van der Waals surface area contributed by atoms with Gasteiger partial charge in [0, 0.05) is 37.2 Å². The van der Waals surface area contributed by atoms with E-state index in [-0.39, 0.29) is 18.3 Å². The highest BCUT2D eigenvalue weighted by molar-refractivity contribution is 6.43. The van der Waals surface area contributed by atoms with Crippen molar-refractivity contribution in [3.8, 4) is 0 Å². The third-order valence-corrected chi connectivity index (χ3v) is 6.27. The zero-order valence-corrected chi connectivity index (χ0v) is 21.7. The lowest BCUT2D eigenvalue weighted by molar-refractivity contribution is -0.135. The fraction of sp³-hybridized carbons (Fsp3) is 0.448. The number of likely N-dealkylation sites (tertiary alicyclic amines) is 1. The Kier molecular flexibility index (Phi) is 9.02. The van der Waals surface area contributed by atoms with Gasteiger partial charge in [0.25, 0.3) is 5.91 Å². The number of nitrogens with zero attached hydrogens (tertiary/aromatic N) is 2. The molecule has 7 heteroatoms. The maximum atomic E-state index is 13.3. The molecule has 0 aliphatic carbocycles. The zero-order chi connectivity index (χ0) is 26.3. The molecular weight excluding hydrogens is 456 g/mol. The van der Waals surface area contributed by atoms with Crippen LogP contribution in [0, 0.1) is 5.92 Å². The van der Waals surface area contributed by atoms with Crippen molar-refractivity contribution in [1.82, 2.24) is 4.90 Å². The van der Waals surface area contributed by atoms with E-state index >= 15 is 0 Å². The summed E-state index contributed by atoms with van der Waals surface area (Å²) in [6.45, 7) is 8.43. The van der Waals surface area contributed by atoms with Gasteiger partial charge in [-0.05, 0) is 70.2 Å². The van der Waals surface area contributed by atoms with Crippen molar-refractivity contribution < 1.29 is 23.9 Å². The number of anilines is 2. The first-order chi connectivity index (χ1) is 17.1. The average Bonchev–Trinajstić information content (AvgIpc) is 2.87. The number of piperidine rings is 1. The lowest BCUT2D eigenvalue weighted by Gasteiger charge is -2.33. The molecule has 0 saturated carbocycles. The van der Waals surface area contributed by atoms with Crippen molar-refractivity contribution >= 4 is 34.9 Å². The van der Waals surface area contributed by atoms with Crippen LogP contribution in [0.3, 0.4) is 0 Å². The van der Waals surface area contributed by atoms with Crippen LogP contribution in [0.5, 0.6) is 0 Å². The fourth-order valence-corrected chi connectivity index (χ4v) is 4.32. The summed E-state index contributed by atoms with van der Waals surface area (Å²) in [5.74, 6) is -0.914. The van der Waals surface area contributed by atoms with Crippen LogP contribution in [-0.4, -0.2) is 47.2 Å². The quantitative estimate of drug-likeness (QED) is 0.336. The summed E-state index contributed by atoms with van der Waals surface area (Å²) in [5, 5.41) is 0. The SMILES string of the molecule is CCC(=O)C(=O)N(c1ccccc1)c1ccccc1C(=O)CCC1CCN(C(=O)OC(C)(C)C)CC1. The molecule has 0 spiro atoms. The molecule has 0 bridgehead atoms. The number of benzene rings is 2. The molecule has 0 atom stereocenters. The third kappa shape index (κ3) is 7.03. The highest BCUT2D eigenvalue weighted by Gasteiger charge is 2.29. The lowest BCUT2D eigenvalue weighted by Crippen LogP contribution is -2.41. The second-order valence-corrected chi connectivity index (χ2v) is 10.1. The summed E-state index contributed by atoms with van der Waals surface area (Å²) in [5.41, 5.74) is 0.855. The second kappa shape index (κ2) is 12.0. The van der Waals surface area contributed by atoms with Crippen LogP contribution in [-0.2, 0) is 14.3 Å². The summed E-state index contributed by atoms with van der Waals surface area (Å²) < 4.78 is 5.46. The molecule has 1 saturated heterocycles. The van der Waals surface area contributed by atoms with Crippen LogP contribution < -0.4 is 4.90 Å². The molecule has 0 aromatic heterocycles. The number of rotatable bonds is 8. The maximum Gasteiger partial charge on any atom is 0.410 e. The van der Waals surface area contributed by atoms with Gasteiger partial charge in [0.2, 0.25) is 5.78 Å². The molecule has 192 valence electrons. The van der Waals surface area contributed by atoms with Gasteiger partial charge in [-0.25, -0.2) is 4.79 Å². The first-order valence-corrected chi connectivity index (χ1v) is 12.6. The van der Waals surface area contributed by atoms with Gasteiger partial charge in [0.15, 0.2) is 5.78 Å². The van der Waals surface area contributed by atoms with E-state index in [2.05, 4.69) is 0 Å². The molecule has 0 radical (unpaired) electrons. The molecule has 2 aromatic carbocycles. The summed E-state index contributed by atoms with van der Waals surface area (Å²) in [6, 6.07) is 15.9. The minimum atomic E-state index is -0.654. The Morgan fingerprint density at radius 1 is 0.944 bits per heavy atom. The molecule has 1 aliphatic rings. The molecule has 1 fully saturated rings. The van der Waals surface area contributed by atoms with E-state index < -0.39 is 17.3 Å². The molecule has 1 aliphatic heterocycles. The topological polar surface area (TPSA) is 84.0 Å². The number of carbonyl (C=O) groups excluding carboxylic acids is 4. The van der Waals surface area contributed by atoms with Crippen LogP contribution in [0.2, 0.25) is 0 Å². The van der Waals surface area contributed by atoms with Crippen molar-refractivity contribution in [2.75, 3.05) is 18.0 Å². The van der Waals surface area contributed by atoms with E-state index in [1.54, 1.807) is 60.4 Å². The predicted molar refractivity (Wildman–Crippen MR) is 139 cm³/mol. The number of ether oxygens (including phenoxy) is 1. The van der Waals surface area contributed by atoms with Crippen LogP contribution in [0.25, 0.3) is 0 Å². The predicted octanol–water partition coefficient (Wildman–Crippen LogP) is 5.94. The van der Waals surface area contributed by atoms with Gasteiger partial charge < -0.3 is 9.64 Å². The Hall–Kier alpha value is -3.48. The van der Waals surface area contributed by atoms with Crippen LogP contribution >= 0.6 is 0 Å². The average molecular weight is 493 g/mol. The van der Waals surface area contributed by atoms with Crippen molar-refractivity contribution in [2.45, 2.75) is 65.4 Å². The Labute approximate surface area is 213 Å². The van der Waals surface area contributed by atoms with Crippen molar-refractivity contribution in [3.05, 3.63) is 60.2 Å². The molecule has 3 rings (SSSR count). The zero-order valence-electron chi connectivity index (χ0n) is 21.7. The Bertz CT molecular complexity index is 1080. The molecule has 7 nitrogen and oxygen atoms in total. The van der Waals surface area contributed by atoms with E-state index in [0.717, 1.165) is 12.8 Å². The highest BCUT2D eigenvalue weighted by Crippen LogP contribution is 2.31. The van der Waals surface area contributed by atoms with Crippen LogP contribution in [0.4, 0.5) is 16.2 Å². The molecule has 0 unspecified atom stereocenters. The number of hydrogen-bond donors (Lipinski definition) is 0. The van der Waals surface area contributed by atoms with Crippen LogP contribution in [0.15, 0.2) is 54.6 Å². The van der Waals surface area contributed by atoms with Gasteiger partial charge in [-0.1, -0.05) is 37.3 Å². The van der Waals surface area contributed by atoms with Gasteiger partial charge in [0.05, 0.1) is 5.69 Å². The van der Waals surface area contributed by atoms with Crippen molar-refractivity contribution in [2.24, 2.45) is 5.92 Å². The number of ketones is 2. The third-order valence-electron chi connectivity index (χ3n) is 6.27. The molecular formula is C29H36N2O5. The highest BCUT2D eigenvalue weighted by atomic mass is 16.6. The number of carbonyl (C=O) groups is 4. The summed E-state index contributed by atoms with van der Waals surface area (Å²) in [7, 11) is 0. The monoisotopic (exact) mass is 492 g/mol. The Balaban J connectivity index is 1.70.